The molecule has 0 saturated heterocycles. The number of halogens is 1. The predicted molar refractivity (Wildman–Crippen MR) is 40.9 cm³/mol. The zero-order chi connectivity index (χ0) is 10.1. The summed E-state index contributed by atoms with van der Waals surface area (Å²) >= 11 is 0. The quantitative estimate of drug-likeness (QED) is 0.686. The van der Waals surface area contributed by atoms with Crippen LogP contribution in [0.2, 0.25) is 0 Å². The molecule has 1 aromatic carbocycles. The Morgan fingerprint density at radius 3 is 2.46 bits per heavy atom. The molecular weight excluding hydrogens is 197 g/mol. The first-order chi connectivity index (χ1) is 5.95. The van der Waals surface area contributed by atoms with Crippen molar-refractivity contribution in [2.24, 2.45) is 0 Å². The molecule has 6 heteroatoms. The number of nitrogens with zero attached hydrogens (tertiary/aromatic N) is 1. The molecule has 4 nitrogen and oxygen atoms in total. The van der Waals surface area contributed by atoms with Crippen molar-refractivity contribution >= 4 is 10.1 Å². The fraction of sp³-hybridized carbons (Fsp3) is 0. The van der Waals surface area contributed by atoms with Gasteiger partial charge in [0.2, 0.25) is 0 Å². The Labute approximate surface area is 74.0 Å². The van der Waals surface area contributed by atoms with Crippen LogP contribution in [0.15, 0.2) is 23.1 Å². The van der Waals surface area contributed by atoms with Crippen molar-refractivity contribution in [3.8, 4) is 6.07 Å². The summed E-state index contributed by atoms with van der Waals surface area (Å²) in [6, 6.07) is 4.31. The fourth-order valence-electron chi connectivity index (χ4n) is 0.780. The highest BCUT2D eigenvalue weighted by Crippen LogP contribution is 2.14. The topological polar surface area (TPSA) is 78.2 Å². The summed E-state index contributed by atoms with van der Waals surface area (Å²) < 4.78 is 42.3. The van der Waals surface area contributed by atoms with Crippen molar-refractivity contribution < 1.29 is 17.4 Å². The standard InChI is InChI=1S/C7H4FNO3S/c8-6-3-5(4-9)1-2-7(6)13(10,11)12/h1-3H,(H,10,11,12). The molecular formula is C7H4FNO3S. The van der Waals surface area contributed by atoms with Crippen LogP contribution in [0.5, 0.6) is 0 Å². The zero-order valence-electron chi connectivity index (χ0n) is 6.23. The minimum atomic E-state index is -4.54. The van der Waals surface area contributed by atoms with Gasteiger partial charge < -0.3 is 0 Å². The summed E-state index contributed by atoms with van der Waals surface area (Å²) in [6.07, 6.45) is 0. The van der Waals surface area contributed by atoms with E-state index in [1.165, 1.54) is 0 Å². The molecule has 0 aromatic heterocycles. The molecule has 0 amide bonds. The fourth-order valence-corrected chi connectivity index (χ4v) is 1.32. The highest BCUT2D eigenvalue weighted by atomic mass is 32.2. The highest BCUT2D eigenvalue weighted by molar-refractivity contribution is 7.85. The van der Waals surface area contributed by atoms with E-state index in [9.17, 15) is 12.8 Å². The van der Waals surface area contributed by atoms with Gasteiger partial charge in [-0.1, -0.05) is 0 Å². The Bertz CT molecular complexity index is 475. The van der Waals surface area contributed by atoms with Gasteiger partial charge in [-0.25, -0.2) is 4.39 Å². The largest absolute Gasteiger partial charge is 0.297 e. The van der Waals surface area contributed by atoms with Crippen molar-refractivity contribution in [2.45, 2.75) is 4.90 Å². The van der Waals surface area contributed by atoms with Gasteiger partial charge in [0.15, 0.2) is 0 Å². The minimum Gasteiger partial charge on any atom is -0.282 e. The number of rotatable bonds is 1. The van der Waals surface area contributed by atoms with Crippen molar-refractivity contribution in [1.29, 1.82) is 5.26 Å². The third-order valence-corrected chi connectivity index (χ3v) is 2.23. The van der Waals surface area contributed by atoms with Crippen LogP contribution in [-0.2, 0) is 10.1 Å². The molecule has 0 aliphatic rings. The molecule has 1 rings (SSSR count). The normalized spacial score (nSPS) is 10.8. The van der Waals surface area contributed by atoms with E-state index in [2.05, 4.69) is 0 Å². The second-order valence-corrected chi connectivity index (χ2v) is 3.62. The van der Waals surface area contributed by atoms with Gasteiger partial charge in [0, 0.05) is 0 Å². The molecule has 0 radical (unpaired) electrons. The van der Waals surface area contributed by atoms with Crippen LogP contribution in [0.1, 0.15) is 5.56 Å². The van der Waals surface area contributed by atoms with E-state index in [1.54, 1.807) is 6.07 Å². The van der Waals surface area contributed by atoms with Gasteiger partial charge in [0.25, 0.3) is 10.1 Å². The Balaban J connectivity index is 3.40. The van der Waals surface area contributed by atoms with Crippen LogP contribution in [0.3, 0.4) is 0 Å². The first-order valence-corrected chi connectivity index (χ1v) is 4.56. The summed E-state index contributed by atoms with van der Waals surface area (Å²) in [5.74, 6) is -1.14. The van der Waals surface area contributed by atoms with Crippen LogP contribution in [0.25, 0.3) is 0 Å². The van der Waals surface area contributed by atoms with E-state index in [0.29, 0.717) is 0 Å². The lowest BCUT2D eigenvalue weighted by molar-refractivity contribution is 0.473. The number of hydrogen-bond acceptors (Lipinski definition) is 3. The van der Waals surface area contributed by atoms with Gasteiger partial charge in [0.1, 0.15) is 10.7 Å². The Hall–Kier alpha value is -1.45. The van der Waals surface area contributed by atoms with E-state index in [-0.39, 0.29) is 5.56 Å². The lowest BCUT2D eigenvalue weighted by Gasteiger charge is -1.97. The zero-order valence-corrected chi connectivity index (χ0v) is 7.05. The monoisotopic (exact) mass is 201 g/mol. The first kappa shape index (κ1) is 9.64. The first-order valence-electron chi connectivity index (χ1n) is 3.12. The highest BCUT2D eigenvalue weighted by Gasteiger charge is 2.15. The maximum absolute atomic E-state index is 12.8. The smallest absolute Gasteiger partial charge is 0.282 e. The molecule has 0 spiro atoms. The molecule has 13 heavy (non-hydrogen) atoms. The van der Waals surface area contributed by atoms with Crippen LogP contribution in [0, 0.1) is 17.1 Å². The van der Waals surface area contributed by atoms with Crippen molar-refractivity contribution in [3.63, 3.8) is 0 Å². The molecule has 0 fully saturated rings. The molecule has 0 unspecified atom stereocenters. The Morgan fingerprint density at radius 1 is 1.46 bits per heavy atom. The summed E-state index contributed by atoms with van der Waals surface area (Å²) in [6.45, 7) is 0. The van der Waals surface area contributed by atoms with Gasteiger partial charge in [-0.3, -0.25) is 4.55 Å². The predicted octanol–water partition coefficient (Wildman–Crippen LogP) is 0.944. The van der Waals surface area contributed by atoms with Crippen molar-refractivity contribution in [2.75, 3.05) is 0 Å². The number of nitriles is 1. The van der Waals surface area contributed by atoms with Gasteiger partial charge in [0.05, 0.1) is 11.6 Å². The third-order valence-electron chi connectivity index (χ3n) is 1.34. The molecule has 1 aromatic rings. The summed E-state index contributed by atoms with van der Waals surface area (Å²) in [5.41, 5.74) is -0.00935. The molecule has 0 atom stereocenters. The van der Waals surface area contributed by atoms with E-state index in [4.69, 9.17) is 9.81 Å². The number of benzene rings is 1. The molecule has 0 saturated carbocycles. The summed E-state index contributed by atoms with van der Waals surface area (Å²) in [7, 11) is -4.54. The second-order valence-electron chi connectivity index (χ2n) is 2.23. The second kappa shape index (κ2) is 3.12. The van der Waals surface area contributed by atoms with Crippen molar-refractivity contribution in [1.82, 2.24) is 0 Å². The molecule has 1 N–H and O–H groups in total. The van der Waals surface area contributed by atoms with Crippen LogP contribution < -0.4 is 0 Å². The Kier molecular flexibility index (Phi) is 2.32. The van der Waals surface area contributed by atoms with E-state index in [0.717, 1.165) is 18.2 Å². The SMILES string of the molecule is N#Cc1ccc(S(=O)(=O)O)c(F)c1. The van der Waals surface area contributed by atoms with Crippen molar-refractivity contribution in [3.05, 3.63) is 29.6 Å². The molecule has 0 aliphatic heterocycles. The van der Waals surface area contributed by atoms with Gasteiger partial charge in [-0.05, 0) is 18.2 Å². The van der Waals surface area contributed by atoms with Gasteiger partial charge in [-0.15, -0.1) is 0 Å². The Morgan fingerprint density at radius 2 is 2.08 bits per heavy atom. The molecule has 0 aliphatic carbocycles. The maximum Gasteiger partial charge on any atom is 0.297 e. The van der Waals surface area contributed by atoms with Gasteiger partial charge in [-0.2, -0.15) is 13.7 Å². The molecule has 68 valence electrons. The summed E-state index contributed by atoms with van der Waals surface area (Å²) in [5, 5.41) is 8.33. The van der Waals surface area contributed by atoms with Crippen LogP contribution >= 0.6 is 0 Å². The average Bonchev–Trinajstić information content (AvgIpc) is 2.01. The molecule has 0 bridgehead atoms. The van der Waals surface area contributed by atoms with Gasteiger partial charge >= 0.3 is 0 Å². The lowest BCUT2D eigenvalue weighted by atomic mass is 10.2. The maximum atomic E-state index is 12.8. The lowest BCUT2D eigenvalue weighted by Crippen LogP contribution is -2.01. The summed E-state index contributed by atoms with van der Waals surface area (Å²) in [4.78, 5) is -0.827. The van der Waals surface area contributed by atoms with E-state index < -0.39 is 20.8 Å². The van der Waals surface area contributed by atoms with Crippen LogP contribution in [-0.4, -0.2) is 13.0 Å². The minimum absolute atomic E-state index is 0.00935. The van der Waals surface area contributed by atoms with E-state index in [1.807, 2.05) is 0 Å². The van der Waals surface area contributed by atoms with E-state index >= 15 is 0 Å². The average molecular weight is 201 g/mol. The third kappa shape index (κ3) is 2.02. The van der Waals surface area contributed by atoms with Crippen LogP contribution in [0.4, 0.5) is 4.39 Å². The number of hydrogen-bond donors (Lipinski definition) is 1. The molecule has 0 heterocycles.